The van der Waals surface area contributed by atoms with Gasteiger partial charge in [0.15, 0.2) is 0 Å². The number of pyridine rings is 1. The molecule has 1 heteroatoms. The van der Waals surface area contributed by atoms with Gasteiger partial charge in [-0.05, 0) is 41.8 Å². The van der Waals surface area contributed by atoms with Gasteiger partial charge in [-0.15, -0.1) is 0 Å². The van der Waals surface area contributed by atoms with Gasteiger partial charge >= 0.3 is 0 Å². The summed E-state index contributed by atoms with van der Waals surface area (Å²) in [6.07, 6.45) is 13.6. The molecular formula is C35H42N+. The molecule has 1 nitrogen and oxygen atoms in total. The van der Waals surface area contributed by atoms with Crippen LogP contribution in [0.25, 0.3) is 33.6 Å². The summed E-state index contributed by atoms with van der Waals surface area (Å²) in [6, 6.07) is 37.3. The molecule has 0 atom stereocenters. The van der Waals surface area contributed by atoms with Crippen LogP contribution in [0, 0.1) is 0 Å². The number of benzene rings is 3. The number of hydrogen-bond donors (Lipinski definition) is 0. The molecule has 0 aliphatic rings. The molecule has 3 aromatic carbocycles. The average Bonchev–Trinajstić information content (AvgIpc) is 2.95. The molecule has 0 fully saturated rings. The van der Waals surface area contributed by atoms with Crippen molar-refractivity contribution >= 4 is 0 Å². The Morgan fingerprint density at radius 2 is 0.806 bits per heavy atom. The van der Waals surface area contributed by atoms with Crippen molar-refractivity contribution in [3.05, 3.63) is 103 Å². The minimum absolute atomic E-state index is 1.04. The Labute approximate surface area is 218 Å². The highest BCUT2D eigenvalue weighted by Gasteiger charge is 2.22. The molecular weight excluding hydrogens is 434 g/mol. The SMILES string of the molecule is CCCCCCCCCCCC[n+]1c(-c2ccccc2)cc(-c2ccccc2)cc1-c1ccccc1. The van der Waals surface area contributed by atoms with E-state index in [1.54, 1.807) is 0 Å². The summed E-state index contributed by atoms with van der Waals surface area (Å²) >= 11 is 0. The molecule has 4 aromatic rings. The van der Waals surface area contributed by atoms with Gasteiger partial charge < -0.3 is 0 Å². The van der Waals surface area contributed by atoms with E-state index in [1.165, 1.54) is 97.8 Å². The van der Waals surface area contributed by atoms with Gasteiger partial charge in [-0.2, -0.15) is 4.57 Å². The minimum Gasteiger partial charge on any atom is -0.191 e. The lowest BCUT2D eigenvalue weighted by atomic mass is 9.98. The Morgan fingerprint density at radius 3 is 1.25 bits per heavy atom. The van der Waals surface area contributed by atoms with Gasteiger partial charge in [0.1, 0.15) is 6.54 Å². The van der Waals surface area contributed by atoms with E-state index in [0.29, 0.717) is 0 Å². The van der Waals surface area contributed by atoms with Gasteiger partial charge in [0, 0.05) is 29.7 Å². The first-order chi connectivity index (χ1) is 17.9. The van der Waals surface area contributed by atoms with Crippen LogP contribution >= 0.6 is 0 Å². The Balaban J connectivity index is 1.56. The zero-order chi connectivity index (χ0) is 24.8. The summed E-state index contributed by atoms with van der Waals surface area (Å²) in [5.41, 5.74) is 7.68. The molecule has 0 amide bonds. The standard InChI is InChI=1S/C35H42N/c1-2-3-4-5-6-7-8-9-10-20-27-36-34(31-23-16-12-17-24-31)28-33(30-21-14-11-15-22-30)29-35(36)32-25-18-13-19-26-32/h11-19,21-26,28-29H,2-10,20,27H2,1H3/q+1. The lowest BCUT2D eigenvalue weighted by Gasteiger charge is -2.13. The molecule has 0 bridgehead atoms. The van der Waals surface area contributed by atoms with Gasteiger partial charge in [-0.3, -0.25) is 0 Å². The fourth-order valence-electron chi connectivity index (χ4n) is 5.11. The monoisotopic (exact) mass is 476 g/mol. The van der Waals surface area contributed by atoms with E-state index in [1.807, 2.05) is 0 Å². The molecule has 36 heavy (non-hydrogen) atoms. The highest BCUT2D eigenvalue weighted by molar-refractivity contribution is 5.73. The van der Waals surface area contributed by atoms with Gasteiger partial charge in [-0.25, -0.2) is 0 Å². The van der Waals surface area contributed by atoms with Crippen molar-refractivity contribution in [2.45, 2.75) is 77.7 Å². The van der Waals surface area contributed by atoms with Crippen LogP contribution in [0.2, 0.25) is 0 Å². The zero-order valence-electron chi connectivity index (χ0n) is 22.0. The second kappa shape index (κ2) is 14.4. The summed E-state index contributed by atoms with van der Waals surface area (Å²) in [6.45, 7) is 3.33. The maximum Gasteiger partial charge on any atom is 0.213 e. The number of hydrogen-bond acceptors (Lipinski definition) is 0. The van der Waals surface area contributed by atoms with Crippen LogP contribution < -0.4 is 4.57 Å². The Kier molecular flexibility index (Phi) is 10.3. The van der Waals surface area contributed by atoms with Crippen molar-refractivity contribution in [3.63, 3.8) is 0 Å². The van der Waals surface area contributed by atoms with Crippen LogP contribution in [0.15, 0.2) is 103 Å². The van der Waals surface area contributed by atoms with Gasteiger partial charge in [0.2, 0.25) is 11.4 Å². The van der Waals surface area contributed by atoms with Crippen molar-refractivity contribution < 1.29 is 4.57 Å². The smallest absolute Gasteiger partial charge is 0.191 e. The maximum absolute atomic E-state index is 2.56. The third kappa shape index (κ3) is 7.40. The molecule has 0 aliphatic carbocycles. The predicted molar refractivity (Wildman–Crippen MR) is 155 cm³/mol. The van der Waals surface area contributed by atoms with Gasteiger partial charge in [0.25, 0.3) is 0 Å². The lowest BCUT2D eigenvalue weighted by molar-refractivity contribution is -0.675. The molecule has 0 unspecified atom stereocenters. The van der Waals surface area contributed by atoms with E-state index in [4.69, 9.17) is 0 Å². The molecule has 1 aromatic heterocycles. The third-order valence-electron chi connectivity index (χ3n) is 7.15. The largest absolute Gasteiger partial charge is 0.213 e. The first-order valence-corrected chi connectivity index (χ1v) is 14.1. The molecule has 0 saturated heterocycles. The number of unbranched alkanes of at least 4 members (excludes halogenated alkanes) is 9. The van der Waals surface area contributed by atoms with Crippen LogP contribution in [0.4, 0.5) is 0 Å². The molecule has 0 aliphatic heterocycles. The fourth-order valence-corrected chi connectivity index (χ4v) is 5.11. The van der Waals surface area contributed by atoms with Crippen molar-refractivity contribution in [1.29, 1.82) is 0 Å². The summed E-state index contributed by atoms with van der Waals surface area (Å²) in [5, 5.41) is 0. The fraction of sp³-hybridized carbons (Fsp3) is 0.343. The van der Waals surface area contributed by atoms with Crippen molar-refractivity contribution in [2.24, 2.45) is 0 Å². The average molecular weight is 477 g/mol. The molecule has 186 valence electrons. The van der Waals surface area contributed by atoms with Crippen molar-refractivity contribution in [2.75, 3.05) is 0 Å². The first kappa shape index (κ1) is 25.9. The summed E-state index contributed by atoms with van der Waals surface area (Å²) in [5.74, 6) is 0. The quantitative estimate of drug-likeness (QED) is 0.126. The van der Waals surface area contributed by atoms with E-state index in [0.717, 1.165) is 6.54 Å². The molecule has 0 spiro atoms. The van der Waals surface area contributed by atoms with Crippen molar-refractivity contribution in [1.82, 2.24) is 0 Å². The minimum atomic E-state index is 1.04. The topological polar surface area (TPSA) is 3.88 Å². The second-order valence-electron chi connectivity index (χ2n) is 9.95. The molecule has 4 rings (SSSR count). The van der Waals surface area contributed by atoms with Gasteiger partial charge in [0.05, 0.1) is 0 Å². The summed E-state index contributed by atoms with van der Waals surface area (Å²) in [7, 11) is 0. The van der Waals surface area contributed by atoms with Crippen LogP contribution in [0.1, 0.15) is 71.1 Å². The normalized spacial score (nSPS) is 11.0. The predicted octanol–water partition coefficient (Wildman–Crippen LogP) is 9.90. The summed E-state index contributed by atoms with van der Waals surface area (Å²) < 4.78 is 2.56. The lowest BCUT2D eigenvalue weighted by Crippen LogP contribution is -2.39. The Hall–Kier alpha value is -3.19. The van der Waals surface area contributed by atoms with Crippen LogP contribution in [0.5, 0.6) is 0 Å². The van der Waals surface area contributed by atoms with E-state index < -0.39 is 0 Å². The second-order valence-corrected chi connectivity index (χ2v) is 9.95. The zero-order valence-corrected chi connectivity index (χ0v) is 22.0. The molecule has 1 heterocycles. The maximum atomic E-state index is 2.56. The Morgan fingerprint density at radius 1 is 0.417 bits per heavy atom. The van der Waals surface area contributed by atoms with E-state index in [9.17, 15) is 0 Å². The van der Waals surface area contributed by atoms with Crippen LogP contribution in [-0.4, -0.2) is 0 Å². The van der Waals surface area contributed by atoms with E-state index in [2.05, 4.69) is 115 Å². The van der Waals surface area contributed by atoms with E-state index >= 15 is 0 Å². The Bertz CT molecular complexity index is 1090. The molecule has 0 N–H and O–H groups in total. The summed E-state index contributed by atoms with van der Waals surface area (Å²) in [4.78, 5) is 0. The number of aromatic nitrogens is 1. The highest BCUT2D eigenvalue weighted by Crippen LogP contribution is 2.29. The van der Waals surface area contributed by atoms with Crippen LogP contribution in [-0.2, 0) is 6.54 Å². The molecule has 0 radical (unpaired) electrons. The van der Waals surface area contributed by atoms with Gasteiger partial charge in [-0.1, -0.05) is 125 Å². The highest BCUT2D eigenvalue weighted by atomic mass is 15.0. The first-order valence-electron chi connectivity index (χ1n) is 14.1. The number of nitrogens with zero attached hydrogens (tertiary/aromatic N) is 1. The molecule has 0 saturated carbocycles. The third-order valence-corrected chi connectivity index (χ3v) is 7.15. The van der Waals surface area contributed by atoms with Crippen LogP contribution in [0.3, 0.4) is 0 Å². The van der Waals surface area contributed by atoms with Crippen molar-refractivity contribution in [3.8, 4) is 33.6 Å². The van der Waals surface area contributed by atoms with E-state index in [-0.39, 0.29) is 0 Å². The number of rotatable bonds is 14.